The van der Waals surface area contributed by atoms with Crippen LogP contribution in [0, 0.1) is 29.8 Å². The number of amides is 1. The number of aryl methyl sites for hydroxylation is 1. The Bertz CT molecular complexity index is 1050. The van der Waals surface area contributed by atoms with E-state index in [1.54, 1.807) is 12.1 Å². The van der Waals surface area contributed by atoms with Gasteiger partial charge in [-0.15, -0.1) is 0 Å². The van der Waals surface area contributed by atoms with E-state index in [1.807, 2.05) is 24.5 Å². The molecule has 0 aliphatic heterocycles. The number of nitrogens with one attached hydrogen (secondary N) is 1. The van der Waals surface area contributed by atoms with Crippen LogP contribution in [0.3, 0.4) is 0 Å². The highest BCUT2D eigenvalue weighted by Crippen LogP contribution is 2.20. The molecule has 2 aromatic carbocycles. The molecule has 0 radical (unpaired) electrons. The molecule has 0 saturated carbocycles. The van der Waals surface area contributed by atoms with Crippen LogP contribution in [-0.2, 0) is 0 Å². The maximum absolute atomic E-state index is 13.1. The predicted octanol–water partition coefficient (Wildman–Crippen LogP) is 3.91. The monoisotopic (exact) mass is 380 g/mol. The summed E-state index contributed by atoms with van der Waals surface area (Å²) in [6.07, 6.45) is 1.52. The van der Waals surface area contributed by atoms with Crippen LogP contribution in [0.2, 0.25) is 0 Å². The van der Waals surface area contributed by atoms with Gasteiger partial charge in [0, 0.05) is 40.3 Å². The molecule has 0 fully saturated rings. The fourth-order valence-corrected chi connectivity index (χ4v) is 2.87. The number of nitro benzene ring substituents is 1. The minimum atomic E-state index is -0.531. The van der Waals surface area contributed by atoms with Gasteiger partial charge in [-0.1, -0.05) is 0 Å². The molecule has 0 bridgehead atoms. The lowest BCUT2D eigenvalue weighted by Gasteiger charge is -2.09. The molecule has 0 aliphatic carbocycles. The molecule has 8 heteroatoms. The highest BCUT2D eigenvalue weighted by atomic mass is 19.1. The summed E-state index contributed by atoms with van der Waals surface area (Å²) in [7, 11) is 0. The van der Waals surface area contributed by atoms with Crippen molar-refractivity contribution in [2.75, 3.05) is 0 Å². The van der Waals surface area contributed by atoms with Crippen molar-refractivity contribution in [3.05, 3.63) is 93.0 Å². The number of carbonyl (C=O) groups excluding carboxylic acids is 1. The topological polar surface area (TPSA) is 89.5 Å². The molecule has 1 heterocycles. The van der Waals surface area contributed by atoms with Crippen molar-refractivity contribution >= 4 is 17.8 Å². The average molecular weight is 380 g/mol. The summed E-state index contributed by atoms with van der Waals surface area (Å²) in [5.74, 6) is -0.777. The van der Waals surface area contributed by atoms with E-state index >= 15 is 0 Å². The molecule has 3 rings (SSSR count). The Hall–Kier alpha value is -3.81. The highest BCUT2D eigenvalue weighted by Gasteiger charge is 2.11. The van der Waals surface area contributed by atoms with Crippen molar-refractivity contribution in [2.45, 2.75) is 13.8 Å². The zero-order valence-electron chi connectivity index (χ0n) is 15.2. The number of non-ortho nitro benzene ring substituents is 1. The molecule has 0 atom stereocenters. The summed E-state index contributed by atoms with van der Waals surface area (Å²) in [4.78, 5) is 22.2. The number of benzene rings is 2. The van der Waals surface area contributed by atoms with Gasteiger partial charge in [0.25, 0.3) is 11.6 Å². The number of rotatable bonds is 5. The van der Waals surface area contributed by atoms with E-state index < -0.39 is 10.8 Å². The Morgan fingerprint density at radius 2 is 1.79 bits per heavy atom. The lowest BCUT2D eigenvalue weighted by atomic mass is 10.2. The van der Waals surface area contributed by atoms with E-state index in [2.05, 4.69) is 10.5 Å². The third kappa shape index (κ3) is 3.96. The molecule has 0 spiro atoms. The van der Waals surface area contributed by atoms with Crippen LogP contribution in [-0.4, -0.2) is 21.6 Å². The third-order valence-corrected chi connectivity index (χ3v) is 4.27. The van der Waals surface area contributed by atoms with E-state index in [-0.39, 0.29) is 17.1 Å². The molecule has 1 amide bonds. The Balaban J connectivity index is 1.74. The summed E-state index contributed by atoms with van der Waals surface area (Å²) in [5, 5.41) is 14.6. The summed E-state index contributed by atoms with van der Waals surface area (Å²) in [6, 6.07) is 13.3. The molecule has 0 unspecified atom stereocenters. The fraction of sp³-hybridized carbons (Fsp3) is 0.100. The van der Waals surface area contributed by atoms with Crippen molar-refractivity contribution < 1.29 is 14.1 Å². The van der Waals surface area contributed by atoms with E-state index in [1.165, 1.54) is 42.6 Å². The number of halogens is 1. The summed E-state index contributed by atoms with van der Waals surface area (Å²) < 4.78 is 15.1. The van der Waals surface area contributed by atoms with Crippen molar-refractivity contribution in [2.24, 2.45) is 5.10 Å². The maximum atomic E-state index is 13.1. The minimum absolute atomic E-state index is 0.0896. The molecule has 7 nitrogen and oxygen atoms in total. The molecule has 3 aromatic rings. The number of carbonyl (C=O) groups is 1. The number of hydrogen-bond donors (Lipinski definition) is 1. The van der Waals surface area contributed by atoms with E-state index in [0.29, 0.717) is 0 Å². The van der Waals surface area contributed by atoms with Gasteiger partial charge in [0.05, 0.1) is 11.1 Å². The molecular formula is C20H17FN4O3. The van der Waals surface area contributed by atoms with E-state index in [4.69, 9.17) is 0 Å². The van der Waals surface area contributed by atoms with Gasteiger partial charge in [-0.2, -0.15) is 5.10 Å². The van der Waals surface area contributed by atoms with Crippen LogP contribution in [0.15, 0.2) is 59.7 Å². The summed E-state index contributed by atoms with van der Waals surface area (Å²) in [5.41, 5.74) is 6.02. The maximum Gasteiger partial charge on any atom is 0.271 e. The van der Waals surface area contributed by atoms with Crippen molar-refractivity contribution in [3.8, 4) is 5.69 Å². The molecule has 28 heavy (non-hydrogen) atoms. The van der Waals surface area contributed by atoms with Gasteiger partial charge in [-0.3, -0.25) is 14.9 Å². The first-order valence-electron chi connectivity index (χ1n) is 8.39. The Kier molecular flexibility index (Phi) is 5.30. The van der Waals surface area contributed by atoms with Crippen molar-refractivity contribution in [1.82, 2.24) is 9.99 Å². The Morgan fingerprint density at radius 1 is 1.14 bits per heavy atom. The minimum Gasteiger partial charge on any atom is -0.318 e. The molecule has 0 aliphatic rings. The average Bonchev–Trinajstić information content (AvgIpc) is 2.96. The largest absolute Gasteiger partial charge is 0.318 e. The first-order chi connectivity index (χ1) is 13.4. The summed E-state index contributed by atoms with van der Waals surface area (Å²) in [6.45, 7) is 3.82. The Labute approximate surface area is 160 Å². The van der Waals surface area contributed by atoms with Crippen LogP contribution in [0.4, 0.5) is 10.1 Å². The normalized spacial score (nSPS) is 11.0. The first kappa shape index (κ1) is 19.0. The van der Waals surface area contributed by atoms with Crippen molar-refractivity contribution in [1.29, 1.82) is 0 Å². The number of hydrogen-bond acceptors (Lipinski definition) is 4. The smallest absolute Gasteiger partial charge is 0.271 e. The van der Waals surface area contributed by atoms with E-state index in [9.17, 15) is 19.3 Å². The van der Waals surface area contributed by atoms with Gasteiger partial charge in [-0.05, 0) is 56.3 Å². The van der Waals surface area contributed by atoms with Gasteiger partial charge < -0.3 is 4.57 Å². The lowest BCUT2D eigenvalue weighted by Crippen LogP contribution is -2.17. The SMILES string of the molecule is Cc1cc(/C=N\NC(=O)c2ccc([N+](=O)[O-])cc2)c(C)n1-c1ccc(F)cc1. The molecule has 142 valence electrons. The van der Waals surface area contributed by atoms with E-state index in [0.717, 1.165) is 22.6 Å². The van der Waals surface area contributed by atoms with Crippen LogP contribution in [0.25, 0.3) is 5.69 Å². The quantitative estimate of drug-likeness (QED) is 0.413. The van der Waals surface area contributed by atoms with Crippen molar-refractivity contribution in [3.63, 3.8) is 0 Å². The molecule has 0 saturated heterocycles. The molecule has 1 aromatic heterocycles. The summed E-state index contributed by atoms with van der Waals surface area (Å²) >= 11 is 0. The third-order valence-electron chi connectivity index (χ3n) is 4.27. The highest BCUT2D eigenvalue weighted by molar-refractivity contribution is 5.95. The second-order valence-corrected chi connectivity index (χ2v) is 6.14. The number of hydrazone groups is 1. The fourth-order valence-electron chi connectivity index (χ4n) is 2.87. The van der Waals surface area contributed by atoms with Crippen LogP contribution >= 0.6 is 0 Å². The standard InChI is InChI=1S/C20H17FN4O3/c1-13-11-16(14(2)24(13)18-9-5-17(21)6-10-18)12-22-23-20(26)15-3-7-19(8-4-15)25(27)28/h3-12H,1-2H3,(H,23,26)/b22-12-. The van der Waals surface area contributed by atoms with Gasteiger partial charge in [0.1, 0.15) is 5.82 Å². The second kappa shape index (κ2) is 7.83. The van der Waals surface area contributed by atoms with Crippen LogP contribution < -0.4 is 5.43 Å². The Morgan fingerprint density at radius 3 is 2.39 bits per heavy atom. The second-order valence-electron chi connectivity index (χ2n) is 6.14. The van der Waals surface area contributed by atoms with Gasteiger partial charge >= 0.3 is 0 Å². The predicted molar refractivity (Wildman–Crippen MR) is 103 cm³/mol. The number of nitrogens with zero attached hydrogens (tertiary/aromatic N) is 3. The zero-order chi connectivity index (χ0) is 20.3. The van der Waals surface area contributed by atoms with Gasteiger partial charge in [0.15, 0.2) is 0 Å². The molecular weight excluding hydrogens is 363 g/mol. The van der Waals surface area contributed by atoms with Crippen LogP contribution in [0.5, 0.6) is 0 Å². The zero-order valence-corrected chi connectivity index (χ0v) is 15.2. The lowest BCUT2D eigenvalue weighted by molar-refractivity contribution is -0.384. The van der Waals surface area contributed by atoms with Gasteiger partial charge in [0.2, 0.25) is 0 Å². The molecule has 1 N–H and O–H groups in total. The first-order valence-corrected chi connectivity index (χ1v) is 8.39. The van der Waals surface area contributed by atoms with Gasteiger partial charge in [-0.25, -0.2) is 9.82 Å². The number of aromatic nitrogens is 1. The van der Waals surface area contributed by atoms with Crippen LogP contribution in [0.1, 0.15) is 27.3 Å². The number of nitro groups is 1.